The molecule has 0 bridgehead atoms. The van der Waals surface area contributed by atoms with Crippen molar-refractivity contribution in [3.05, 3.63) is 86.7 Å². The summed E-state index contributed by atoms with van der Waals surface area (Å²) in [5.41, 5.74) is 1.66. The molecule has 1 heterocycles. The molecule has 0 N–H and O–H groups in total. The topological polar surface area (TPSA) is 37.4 Å². The minimum absolute atomic E-state index is 0.161. The molecular formula is C21H13Cl2NO2S. The van der Waals surface area contributed by atoms with Crippen molar-refractivity contribution in [1.29, 1.82) is 0 Å². The highest BCUT2D eigenvalue weighted by Crippen LogP contribution is 2.35. The number of carbonyl (C=O) groups is 2. The van der Waals surface area contributed by atoms with Gasteiger partial charge in [-0.1, -0.05) is 71.7 Å². The SMILES string of the molecule is O=C1S/C(=C\c2cccc3ccccc23)C(=O)N1Cc1ccc(Cl)c(Cl)c1. The molecule has 0 aromatic heterocycles. The largest absolute Gasteiger partial charge is 0.293 e. The normalized spacial score (nSPS) is 15.9. The summed E-state index contributed by atoms with van der Waals surface area (Å²) in [5, 5.41) is 2.66. The van der Waals surface area contributed by atoms with E-state index in [1.54, 1.807) is 24.3 Å². The summed E-state index contributed by atoms with van der Waals surface area (Å²) >= 11 is 12.9. The second-order valence-corrected chi connectivity index (χ2v) is 7.89. The maximum Gasteiger partial charge on any atom is 0.293 e. The summed E-state index contributed by atoms with van der Waals surface area (Å²) < 4.78 is 0. The Balaban J connectivity index is 1.64. The third kappa shape index (κ3) is 3.61. The van der Waals surface area contributed by atoms with E-state index in [1.165, 1.54) is 4.90 Å². The molecule has 1 fully saturated rings. The van der Waals surface area contributed by atoms with E-state index in [1.807, 2.05) is 42.5 Å². The van der Waals surface area contributed by atoms with Crippen molar-refractivity contribution >= 4 is 63.0 Å². The number of rotatable bonds is 3. The van der Waals surface area contributed by atoms with Crippen molar-refractivity contribution in [2.45, 2.75) is 6.54 Å². The van der Waals surface area contributed by atoms with Gasteiger partial charge in [-0.05, 0) is 51.9 Å². The molecule has 2 amide bonds. The molecule has 0 saturated carbocycles. The molecule has 1 saturated heterocycles. The highest BCUT2D eigenvalue weighted by atomic mass is 35.5. The van der Waals surface area contributed by atoms with Crippen LogP contribution in [-0.4, -0.2) is 16.0 Å². The minimum atomic E-state index is -0.302. The van der Waals surface area contributed by atoms with Crippen LogP contribution in [-0.2, 0) is 11.3 Å². The summed E-state index contributed by atoms with van der Waals surface area (Å²) in [7, 11) is 0. The van der Waals surface area contributed by atoms with E-state index in [0.717, 1.165) is 33.7 Å². The van der Waals surface area contributed by atoms with Gasteiger partial charge in [0, 0.05) is 0 Å². The van der Waals surface area contributed by atoms with Crippen LogP contribution in [0.2, 0.25) is 10.0 Å². The lowest BCUT2D eigenvalue weighted by molar-refractivity contribution is -0.123. The molecule has 3 aromatic carbocycles. The van der Waals surface area contributed by atoms with Gasteiger partial charge >= 0.3 is 0 Å². The zero-order valence-electron chi connectivity index (χ0n) is 14.0. The maximum absolute atomic E-state index is 12.8. The first-order valence-electron chi connectivity index (χ1n) is 8.20. The number of benzene rings is 3. The van der Waals surface area contributed by atoms with Crippen LogP contribution in [0.15, 0.2) is 65.6 Å². The van der Waals surface area contributed by atoms with Gasteiger partial charge in [-0.25, -0.2) is 0 Å². The number of fused-ring (bicyclic) bond motifs is 1. The van der Waals surface area contributed by atoms with E-state index in [0.29, 0.717) is 15.0 Å². The number of hydrogen-bond donors (Lipinski definition) is 0. The number of halogens is 2. The summed E-state index contributed by atoms with van der Waals surface area (Å²) in [6.07, 6.45) is 1.78. The highest BCUT2D eigenvalue weighted by molar-refractivity contribution is 8.18. The molecule has 1 aliphatic heterocycles. The predicted octanol–water partition coefficient (Wildman–Crippen LogP) is 6.38. The minimum Gasteiger partial charge on any atom is -0.268 e. The molecule has 0 atom stereocenters. The average molecular weight is 414 g/mol. The molecular weight excluding hydrogens is 401 g/mol. The standard InChI is InChI=1S/C21H13Cl2NO2S/c22-17-9-8-13(10-18(17)23)12-24-20(25)19(27-21(24)26)11-15-6-3-5-14-4-1-2-7-16(14)15/h1-11H,12H2/b19-11-. The molecule has 3 aromatic rings. The molecule has 4 rings (SSSR count). The van der Waals surface area contributed by atoms with Crippen LogP contribution in [0.5, 0.6) is 0 Å². The number of imide groups is 1. The van der Waals surface area contributed by atoms with Gasteiger partial charge in [0.25, 0.3) is 11.1 Å². The zero-order valence-corrected chi connectivity index (χ0v) is 16.3. The first-order valence-corrected chi connectivity index (χ1v) is 9.77. The van der Waals surface area contributed by atoms with Gasteiger partial charge in [-0.3, -0.25) is 14.5 Å². The van der Waals surface area contributed by atoms with Crippen molar-refractivity contribution in [2.24, 2.45) is 0 Å². The van der Waals surface area contributed by atoms with Gasteiger partial charge in [0.15, 0.2) is 0 Å². The fraction of sp³-hybridized carbons (Fsp3) is 0.0476. The first kappa shape index (κ1) is 18.1. The van der Waals surface area contributed by atoms with Crippen LogP contribution < -0.4 is 0 Å². The maximum atomic E-state index is 12.8. The Morgan fingerprint density at radius 1 is 0.926 bits per heavy atom. The van der Waals surface area contributed by atoms with Gasteiger partial charge < -0.3 is 0 Å². The van der Waals surface area contributed by atoms with Crippen LogP contribution in [0.25, 0.3) is 16.8 Å². The van der Waals surface area contributed by atoms with Crippen LogP contribution >= 0.6 is 35.0 Å². The third-order valence-electron chi connectivity index (χ3n) is 4.31. The Morgan fingerprint density at radius 2 is 1.70 bits per heavy atom. The molecule has 0 aliphatic carbocycles. The summed E-state index contributed by atoms with van der Waals surface area (Å²) in [6.45, 7) is 0.161. The van der Waals surface area contributed by atoms with E-state index in [-0.39, 0.29) is 17.7 Å². The van der Waals surface area contributed by atoms with Crippen molar-refractivity contribution in [1.82, 2.24) is 4.90 Å². The predicted molar refractivity (Wildman–Crippen MR) is 112 cm³/mol. The molecule has 134 valence electrons. The summed E-state index contributed by atoms with van der Waals surface area (Å²) in [5.74, 6) is -0.302. The molecule has 6 heteroatoms. The second-order valence-electron chi connectivity index (χ2n) is 6.08. The quantitative estimate of drug-likeness (QED) is 0.467. The van der Waals surface area contributed by atoms with Crippen LogP contribution in [0.4, 0.5) is 4.79 Å². The zero-order chi connectivity index (χ0) is 19.0. The lowest BCUT2D eigenvalue weighted by atomic mass is 10.0. The van der Waals surface area contributed by atoms with E-state index < -0.39 is 0 Å². The molecule has 3 nitrogen and oxygen atoms in total. The van der Waals surface area contributed by atoms with Crippen molar-refractivity contribution in [3.8, 4) is 0 Å². The third-order valence-corrected chi connectivity index (χ3v) is 5.95. The van der Waals surface area contributed by atoms with Crippen molar-refractivity contribution < 1.29 is 9.59 Å². The lowest BCUT2D eigenvalue weighted by Gasteiger charge is -2.13. The molecule has 0 radical (unpaired) electrons. The Labute approximate surface area is 170 Å². The van der Waals surface area contributed by atoms with E-state index in [9.17, 15) is 9.59 Å². The summed E-state index contributed by atoms with van der Waals surface area (Å²) in [6, 6.07) is 18.9. The molecule has 1 aliphatic rings. The Kier molecular flexibility index (Phi) is 4.96. The number of amides is 2. The fourth-order valence-corrected chi connectivity index (χ4v) is 4.12. The van der Waals surface area contributed by atoms with E-state index in [4.69, 9.17) is 23.2 Å². The lowest BCUT2D eigenvalue weighted by Crippen LogP contribution is -2.27. The van der Waals surface area contributed by atoms with Gasteiger partial charge in [-0.15, -0.1) is 0 Å². The number of thioether (sulfide) groups is 1. The smallest absolute Gasteiger partial charge is 0.268 e. The highest BCUT2D eigenvalue weighted by Gasteiger charge is 2.35. The number of nitrogens with zero attached hydrogens (tertiary/aromatic N) is 1. The van der Waals surface area contributed by atoms with Crippen LogP contribution in [0.3, 0.4) is 0 Å². The van der Waals surface area contributed by atoms with E-state index in [2.05, 4.69) is 0 Å². The number of carbonyl (C=O) groups excluding carboxylic acids is 2. The van der Waals surface area contributed by atoms with Gasteiger partial charge in [-0.2, -0.15) is 0 Å². The Morgan fingerprint density at radius 3 is 2.52 bits per heavy atom. The van der Waals surface area contributed by atoms with E-state index >= 15 is 0 Å². The molecule has 0 unspecified atom stereocenters. The Hall–Kier alpha value is -2.27. The van der Waals surface area contributed by atoms with Crippen molar-refractivity contribution in [2.75, 3.05) is 0 Å². The molecule has 0 spiro atoms. The summed E-state index contributed by atoms with van der Waals surface area (Å²) in [4.78, 5) is 26.8. The number of hydrogen-bond acceptors (Lipinski definition) is 3. The fourth-order valence-electron chi connectivity index (χ4n) is 2.97. The first-order chi connectivity index (χ1) is 13.0. The second kappa shape index (κ2) is 7.39. The molecule has 27 heavy (non-hydrogen) atoms. The van der Waals surface area contributed by atoms with Crippen LogP contribution in [0, 0.1) is 0 Å². The van der Waals surface area contributed by atoms with Crippen LogP contribution in [0.1, 0.15) is 11.1 Å². The van der Waals surface area contributed by atoms with Gasteiger partial charge in [0.2, 0.25) is 0 Å². The Bertz CT molecular complexity index is 1110. The van der Waals surface area contributed by atoms with Gasteiger partial charge in [0.1, 0.15) is 0 Å². The monoisotopic (exact) mass is 413 g/mol. The van der Waals surface area contributed by atoms with Gasteiger partial charge in [0.05, 0.1) is 21.5 Å². The average Bonchev–Trinajstić information content (AvgIpc) is 2.92. The van der Waals surface area contributed by atoms with Crippen molar-refractivity contribution in [3.63, 3.8) is 0 Å².